The van der Waals surface area contributed by atoms with Gasteiger partial charge in [0.05, 0.1) is 25.5 Å². The molecule has 0 radical (unpaired) electrons. The van der Waals surface area contributed by atoms with E-state index in [4.69, 9.17) is 19.4 Å². The Kier molecular flexibility index (Phi) is 4.59. The van der Waals surface area contributed by atoms with Gasteiger partial charge in [-0.25, -0.2) is 9.97 Å². The first-order valence-corrected chi connectivity index (χ1v) is 10.3. The molecule has 1 aromatic heterocycles. The van der Waals surface area contributed by atoms with Gasteiger partial charge in [0.15, 0.2) is 0 Å². The lowest BCUT2D eigenvalue weighted by molar-refractivity contribution is 0.162. The highest BCUT2D eigenvalue weighted by atomic mass is 16.5. The van der Waals surface area contributed by atoms with Crippen LogP contribution in [0.15, 0.2) is 24.4 Å². The van der Waals surface area contributed by atoms with E-state index in [0.29, 0.717) is 12.1 Å². The van der Waals surface area contributed by atoms with E-state index in [0.717, 1.165) is 49.1 Å². The molecule has 6 heteroatoms. The van der Waals surface area contributed by atoms with Crippen LogP contribution in [-0.4, -0.2) is 48.2 Å². The van der Waals surface area contributed by atoms with Gasteiger partial charge >= 0.3 is 0 Å². The third-order valence-electron chi connectivity index (χ3n) is 6.58. The van der Waals surface area contributed by atoms with E-state index in [2.05, 4.69) is 16.0 Å². The van der Waals surface area contributed by atoms with Crippen LogP contribution in [0.1, 0.15) is 48.5 Å². The SMILES string of the molecule is COc1cccc(OC)c1CN1[C@H]2CC[C@H]1c1cnc(N3CCCC3)nc1C2. The monoisotopic (exact) mass is 380 g/mol. The van der Waals surface area contributed by atoms with Crippen LogP contribution in [0.3, 0.4) is 0 Å². The summed E-state index contributed by atoms with van der Waals surface area (Å²) in [7, 11) is 3.46. The molecule has 0 amide bonds. The van der Waals surface area contributed by atoms with E-state index >= 15 is 0 Å². The van der Waals surface area contributed by atoms with Gasteiger partial charge < -0.3 is 14.4 Å². The number of ether oxygens (including phenoxy) is 2. The van der Waals surface area contributed by atoms with Crippen LogP contribution in [-0.2, 0) is 13.0 Å². The number of aromatic nitrogens is 2. The average Bonchev–Trinajstić information content (AvgIpc) is 3.35. The number of hydrogen-bond donors (Lipinski definition) is 0. The second kappa shape index (κ2) is 7.24. The summed E-state index contributed by atoms with van der Waals surface area (Å²) in [5, 5.41) is 0. The highest BCUT2D eigenvalue weighted by Crippen LogP contribution is 2.45. The predicted molar refractivity (Wildman–Crippen MR) is 108 cm³/mol. The van der Waals surface area contributed by atoms with Crippen molar-refractivity contribution in [2.75, 3.05) is 32.2 Å². The molecule has 3 aliphatic rings. The number of nitrogens with zero attached hydrogens (tertiary/aromatic N) is 4. The highest BCUT2D eigenvalue weighted by Gasteiger charge is 2.41. The standard InChI is InChI=1S/C22H28N4O2/c1-27-20-6-5-7-21(28-2)17(20)14-26-15-8-9-19(26)16-13-23-22(24-18(16)12-15)25-10-3-4-11-25/h5-7,13,15,19H,3-4,8-12,14H2,1-2H3/t15-,19-/m0/s1. The van der Waals surface area contributed by atoms with Gasteiger partial charge in [-0.2, -0.15) is 0 Å². The lowest BCUT2D eigenvalue weighted by Crippen LogP contribution is -2.38. The lowest BCUT2D eigenvalue weighted by atomic mass is 9.98. The van der Waals surface area contributed by atoms with E-state index in [9.17, 15) is 0 Å². The fourth-order valence-corrected chi connectivity index (χ4v) is 5.15. The topological polar surface area (TPSA) is 50.7 Å². The van der Waals surface area contributed by atoms with Crippen molar-refractivity contribution in [2.24, 2.45) is 0 Å². The molecule has 0 unspecified atom stereocenters. The third kappa shape index (κ3) is 2.91. The van der Waals surface area contributed by atoms with Crippen molar-refractivity contribution < 1.29 is 9.47 Å². The van der Waals surface area contributed by atoms with Gasteiger partial charge in [0.2, 0.25) is 5.95 Å². The summed E-state index contributed by atoms with van der Waals surface area (Å²) in [5.41, 5.74) is 3.70. The van der Waals surface area contributed by atoms with Gasteiger partial charge in [0.1, 0.15) is 11.5 Å². The van der Waals surface area contributed by atoms with Crippen molar-refractivity contribution in [3.63, 3.8) is 0 Å². The molecular weight excluding hydrogens is 352 g/mol. The average molecular weight is 380 g/mol. The Balaban J connectivity index is 1.44. The molecule has 5 rings (SSSR count). The molecule has 1 aromatic carbocycles. The molecule has 2 aromatic rings. The molecule has 2 fully saturated rings. The molecule has 2 bridgehead atoms. The van der Waals surface area contributed by atoms with Crippen LogP contribution in [0, 0.1) is 0 Å². The van der Waals surface area contributed by atoms with E-state index in [1.54, 1.807) is 14.2 Å². The van der Waals surface area contributed by atoms with Crippen molar-refractivity contribution in [1.82, 2.24) is 14.9 Å². The first kappa shape index (κ1) is 17.7. The van der Waals surface area contributed by atoms with Gasteiger partial charge in [-0.1, -0.05) is 6.07 Å². The Morgan fingerprint density at radius 3 is 2.54 bits per heavy atom. The van der Waals surface area contributed by atoms with Crippen molar-refractivity contribution in [3.05, 3.63) is 41.2 Å². The first-order valence-electron chi connectivity index (χ1n) is 10.3. The van der Waals surface area contributed by atoms with Gasteiger partial charge in [-0.15, -0.1) is 0 Å². The number of rotatable bonds is 5. The van der Waals surface area contributed by atoms with Crippen molar-refractivity contribution >= 4 is 5.95 Å². The molecule has 0 spiro atoms. The summed E-state index contributed by atoms with van der Waals surface area (Å²) < 4.78 is 11.3. The molecule has 0 saturated carbocycles. The number of hydrogen-bond acceptors (Lipinski definition) is 6. The fourth-order valence-electron chi connectivity index (χ4n) is 5.15. The van der Waals surface area contributed by atoms with Crippen LogP contribution >= 0.6 is 0 Å². The molecule has 0 N–H and O–H groups in total. The van der Waals surface area contributed by atoms with E-state index < -0.39 is 0 Å². The van der Waals surface area contributed by atoms with Crippen molar-refractivity contribution in [3.8, 4) is 11.5 Å². The molecule has 2 saturated heterocycles. The number of anilines is 1. The molecule has 148 valence electrons. The Labute approximate surface area is 166 Å². The summed E-state index contributed by atoms with van der Waals surface area (Å²) in [6, 6.07) is 6.92. The second-order valence-corrected chi connectivity index (χ2v) is 8.03. The lowest BCUT2D eigenvalue weighted by Gasteiger charge is -2.36. The highest BCUT2D eigenvalue weighted by molar-refractivity contribution is 5.45. The zero-order valence-corrected chi connectivity index (χ0v) is 16.7. The summed E-state index contributed by atoms with van der Waals surface area (Å²) in [6.45, 7) is 3.01. The van der Waals surface area contributed by atoms with E-state index in [1.165, 1.54) is 36.9 Å². The Bertz CT molecular complexity index is 843. The number of benzene rings is 1. The maximum absolute atomic E-state index is 5.63. The van der Waals surface area contributed by atoms with Gasteiger partial charge in [-0.05, 0) is 37.8 Å². The maximum Gasteiger partial charge on any atom is 0.225 e. The summed E-state index contributed by atoms with van der Waals surface area (Å²) in [5.74, 6) is 2.71. The Morgan fingerprint density at radius 1 is 1.07 bits per heavy atom. The van der Waals surface area contributed by atoms with E-state index in [1.807, 2.05) is 18.2 Å². The van der Waals surface area contributed by atoms with Gasteiger partial charge in [0.25, 0.3) is 0 Å². The summed E-state index contributed by atoms with van der Waals surface area (Å²) >= 11 is 0. The Hall–Kier alpha value is -2.34. The molecule has 6 nitrogen and oxygen atoms in total. The Morgan fingerprint density at radius 2 is 1.82 bits per heavy atom. The summed E-state index contributed by atoms with van der Waals surface area (Å²) in [6.07, 6.45) is 7.97. The summed E-state index contributed by atoms with van der Waals surface area (Å²) in [4.78, 5) is 14.6. The minimum absolute atomic E-state index is 0.385. The normalized spacial score (nSPS) is 23.7. The molecule has 4 heterocycles. The van der Waals surface area contributed by atoms with E-state index in [-0.39, 0.29) is 0 Å². The van der Waals surface area contributed by atoms with Crippen molar-refractivity contribution in [2.45, 2.75) is 50.7 Å². The fraction of sp³-hybridized carbons (Fsp3) is 0.545. The number of methoxy groups -OCH3 is 2. The van der Waals surface area contributed by atoms with Crippen LogP contribution < -0.4 is 14.4 Å². The number of fused-ring (bicyclic) bond motifs is 4. The van der Waals surface area contributed by atoms with Crippen molar-refractivity contribution in [1.29, 1.82) is 0 Å². The van der Waals surface area contributed by atoms with Crippen LogP contribution in [0.4, 0.5) is 5.95 Å². The van der Waals surface area contributed by atoms with Crippen LogP contribution in [0.2, 0.25) is 0 Å². The molecule has 3 aliphatic heterocycles. The molecule has 28 heavy (non-hydrogen) atoms. The van der Waals surface area contributed by atoms with Gasteiger partial charge in [-0.3, -0.25) is 4.90 Å². The van der Waals surface area contributed by atoms with Gasteiger partial charge in [0, 0.05) is 49.9 Å². The second-order valence-electron chi connectivity index (χ2n) is 8.03. The largest absolute Gasteiger partial charge is 0.496 e. The zero-order valence-electron chi connectivity index (χ0n) is 16.7. The van der Waals surface area contributed by atoms with Crippen LogP contribution in [0.5, 0.6) is 11.5 Å². The van der Waals surface area contributed by atoms with Crippen LogP contribution in [0.25, 0.3) is 0 Å². The maximum atomic E-state index is 5.63. The minimum atomic E-state index is 0.385. The zero-order chi connectivity index (χ0) is 19.1. The quantitative estimate of drug-likeness (QED) is 0.793. The first-order chi connectivity index (χ1) is 13.8. The third-order valence-corrected chi connectivity index (χ3v) is 6.58. The minimum Gasteiger partial charge on any atom is -0.496 e. The molecular formula is C22H28N4O2. The molecule has 0 aliphatic carbocycles. The smallest absolute Gasteiger partial charge is 0.225 e. The molecule has 2 atom stereocenters. The predicted octanol–water partition coefficient (Wildman–Crippen LogP) is 3.36.